The predicted molar refractivity (Wildman–Crippen MR) is 60.7 cm³/mol. The summed E-state index contributed by atoms with van der Waals surface area (Å²) in [6, 6.07) is 8.52. The molecule has 0 aliphatic rings. The Hall–Kier alpha value is -2.22. The first-order valence-electron chi connectivity index (χ1n) is 5.19. The van der Waals surface area contributed by atoms with Crippen molar-refractivity contribution in [2.75, 3.05) is 0 Å². The molecule has 0 amide bonds. The van der Waals surface area contributed by atoms with Gasteiger partial charge in [-0.05, 0) is 30.7 Å². The monoisotopic (exact) mass is 250 g/mol. The number of aromatic amines is 1. The first-order valence-corrected chi connectivity index (χ1v) is 5.19. The van der Waals surface area contributed by atoms with Crippen LogP contribution in [-0.4, -0.2) is 4.98 Å². The third-order valence-electron chi connectivity index (χ3n) is 2.64. The van der Waals surface area contributed by atoms with Crippen LogP contribution in [0.15, 0.2) is 30.3 Å². The fraction of sp³-hybridized carbons (Fsp3) is 0.154. The first-order chi connectivity index (χ1) is 8.41. The summed E-state index contributed by atoms with van der Waals surface area (Å²) in [7, 11) is 0. The van der Waals surface area contributed by atoms with Crippen LogP contribution < -0.4 is 0 Å². The van der Waals surface area contributed by atoms with Gasteiger partial charge in [-0.2, -0.15) is 18.4 Å². The van der Waals surface area contributed by atoms with Gasteiger partial charge in [0.25, 0.3) is 0 Å². The molecule has 0 unspecified atom stereocenters. The molecule has 0 aliphatic carbocycles. The number of nitrogens with one attached hydrogen (secondary N) is 1. The van der Waals surface area contributed by atoms with Crippen molar-refractivity contribution in [3.63, 3.8) is 0 Å². The van der Waals surface area contributed by atoms with Gasteiger partial charge in [0, 0.05) is 11.4 Å². The number of hydrogen-bond donors (Lipinski definition) is 1. The van der Waals surface area contributed by atoms with E-state index in [9.17, 15) is 13.2 Å². The van der Waals surface area contributed by atoms with Gasteiger partial charge in [0.1, 0.15) is 6.07 Å². The van der Waals surface area contributed by atoms with Crippen molar-refractivity contribution in [2.24, 2.45) is 0 Å². The van der Waals surface area contributed by atoms with Crippen LogP contribution in [0.2, 0.25) is 0 Å². The van der Waals surface area contributed by atoms with Crippen molar-refractivity contribution < 1.29 is 13.2 Å². The molecule has 92 valence electrons. The number of nitrogens with zero attached hydrogens (tertiary/aromatic N) is 1. The maximum absolute atomic E-state index is 12.6. The Morgan fingerprint density at radius 2 is 1.94 bits per heavy atom. The number of nitriles is 1. The molecule has 1 aromatic heterocycles. The number of benzene rings is 1. The number of H-pyrrole nitrogens is 1. The van der Waals surface area contributed by atoms with E-state index in [-0.39, 0.29) is 0 Å². The molecule has 1 aromatic carbocycles. The normalized spacial score (nSPS) is 11.3. The van der Waals surface area contributed by atoms with Gasteiger partial charge in [-0.25, -0.2) is 0 Å². The van der Waals surface area contributed by atoms with Gasteiger partial charge in [-0.15, -0.1) is 0 Å². The lowest BCUT2D eigenvalue weighted by molar-refractivity contribution is -0.137. The standard InChI is InChI=1S/C13H9F3N2/c1-8-10(7-17)6-12(18-8)9-3-2-4-11(5-9)13(14,15)16/h2-6,18H,1H3. The predicted octanol–water partition coefficient (Wildman–Crippen LogP) is 3.88. The molecule has 2 aromatic rings. The fourth-order valence-electron chi connectivity index (χ4n) is 1.69. The Morgan fingerprint density at radius 3 is 2.50 bits per heavy atom. The summed E-state index contributed by atoms with van der Waals surface area (Å²) >= 11 is 0. The second-order valence-corrected chi connectivity index (χ2v) is 3.91. The SMILES string of the molecule is Cc1[nH]c(-c2cccc(C(F)(F)F)c2)cc1C#N. The number of rotatable bonds is 1. The second-order valence-electron chi connectivity index (χ2n) is 3.91. The zero-order valence-electron chi connectivity index (χ0n) is 9.47. The van der Waals surface area contributed by atoms with Crippen LogP contribution in [0, 0.1) is 18.3 Å². The molecule has 0 aliphatic heterocycles. The zero-order valence-corrected chi connectivity index (χ0v) is 9.47. The second kappa shape index (κ2) is 4.22. The molecule has 1 heterocycles. The maximum Gasteiger partial charge on any atom is 0.416 e. The minimum absolute atomic E-state index is 0.412. The molecule has 2 nitrogen and oxygen atoms in total. The minimum Gasteiger partial charge on any atom is -0.358 e. The molecule has 0 atom stereocenters. The average molecular weight is 250 g/mol. The van der Waals surface area contributed by atoms with E-state index >= 15 is 0 Å². The Morgan fingerprint density at radius 1 is 1.22 bits per heavy atom. The average Bonchev–Trinajstić information content (AvgIpc) is 2.70. The van der Waals surface area contributed by atoms with E-state index in [4.69, 9.17) is 5.26 Å². The molecule has 0 fully saturated rings. The number of hydrogen-bond acceptors (Lipinski definition) is 1. The van der Waals surface area contributed by atoms with Crippen LogP contribution in [-0.2, 0) is 6.18 Å². The molecule has 0 saturated carbocycles. The van der Waals surface area contributed by atoms with Crippen molar-refractivity contribution in [3.05, 3.63) is 47.2 Å². The van der Waals surface area contributed by atoms with E-state index < -0.39 is 11.7 Å². The third kappa shape index (κ3) is 2.23. The summed E-state index contributed by atoms with van der Waals surface area (Å²) in [5.41, 5.74) is 1.29. The van der Waals surface area contributed by atoms with Crippen LogP contribution in [0.25, 0.3) is 11.3 Å². The van der Waals surface area contributed by atoms with Crippen LogP contribution in [0.3, 0.4) is 0 Å². The highest BCUT2D eigenvalue weighted by Crippen LogP contribution is 2.32. The van der Waals surface area contributed by atoms with Crippen LogP contribution in [0.5, 0.6) is 0 Å². The van der Waals surface area contributed by atoms with Crippen LogP contribution >= 0.6 is 0 Å². The third-order valence-corrected chi connectivity index (χ3v) is 2.64. The van der Waals surface area contributed by atoms with Gasteiger partial charge >= 0.3 is 6.18 Å². The molecule has 0 radical (unpaired) electrons. The lowest BCUT2D eigenvalue weighted by Crippen LogP contribution is -2.04. The summed E-state index contributed by atoms with van der Waals surface area (Å²) in [5, 5.41) is 8.81. The van der Waals surface area contributed by atoms with E-state index in [0.717, 1.165) is 12.1 Å². The van der Waals surface area contributed by atoms with Gasteiger partial charge in [-0.1, -0.05) is 12.1 Å². The Bertz CT molecular complexity index is 618. The van der Waals surface area contributed by atoms with E-state index in [2.05, 4.69) is 4.98 Å². The van der Waals surface area contributed by atoms with Gasteiger partial charge in [0.15, 0.2) is 0 Å². The zero-order chi connectivity index (χ0) is 13.3. The van der Waals surface area contributed by atoms with Crippen LogP contribution in [0.1, 0.15) is 16.8 Å². The first kappa shape index (κ1) is 12.2. The van der Waals surface area contributed by atoms with E-state index in [1.54, 1.807) is 19.1 Å². The van der Waals surface area contributed by atoms with Crippen molar-refractivity contribution in [1.82, 2.24) is 4.98 Å². The molecule has 18 heavy (non-hydrogen) atoms. The Labute approximate surface area is 102 Å². The van der Waals surface area contributed by atoms with E-state index in [1.807, 2.05) is 6.07 Å². The van der Waals surface area contributed by atoms with E-state index in [1.165, 1.54) is 6.07 Å². The highest BCUT2D eigenvalue weighted by molar-refractivity contribution is 5.64. The number of alkyl halides is 3. The Kier molecular flexibility index (Phi) is 2.87. The molecule has 0 bridgehead atoms. The summed E-state index contributed by atoms with van der Waals surface area (Å²) in [5.74, 6) is 0. The molecule has 5 heteroatoms. The fourth-order valence-corrected chi connectivity index (χ4v) is 1.69. The molecule has 0 spiro atoms. The summed E-state index contributed by atoms with van der Waals surface area (Å²) in [4.78, 5) is 2.90. The highest BCUT2D eigenvalue weighted by atomic mass is 19.4. The molecular formula is C13H9F3N2. The quantitative estimate of drug-likeness (QED) is 0.819. The topological polar surface area (TPSA) is 39.6 Å². The Balaban J connectivity index is 2.48. The lowest BCUT2D eigenvalue weighted by Gasteiger charge is -2.07. The van der Waals surface area contributed by atoms with Crippen molar-refractivity contribution >= 4 is 0 Å². The largest absolute Gasteiger partial charge is 0.416 e. The van der Waals surface area contributed by atoms with Crippen LogP contribution in [0.4, 0.5) is 13.2 Å². The lowest BCUT2D eigenvalue weighted by atomic mass is 10.1. The van der Waals surface area contributed by atoms with E-state index in [0.29, 0.717) is 22.5 Å². The summed E-state index contributed by atoms with van der Waals surface area (Å²) in [6.07, 6.45) is -4.37. The number of halogens is 3. The highest BCUT2D eigenvalue weighted by Gasteiger charge is 2.30. The smallest absolute Gasteiger partial charge is 0.358 e. The van der Waals surface area contributed by atoms with Gasteiger partial charge in [0.2, 0.25) is 0 Å². The van der Waals surface area contributed by atoms with Crippen molar-refractivity contribution in [3.8, 4) is 17.3 Å². The maximum atomic E-state index is 12.6. The summed E-state index contributed by atoms with van der Waals surface area (Å²) < 4.78 is 37.7. The molecular weight excluding hydrogens is 241 g/mol. The minimum atomic E-state index is -4.37. The van der Waals surface area contributed by atoms with Crippen molar-refractivity contribution in [1.29, 1.82) is 5.26 Å². The number of aromatic nitrogens is 1. The summed E-state index contributed by atoms with van der Waals surface area (Å²) in [6.45, 7) is 1.70. The van der Waals surface area contributed by atoms with Gasteiger partial charge in [-0.3, -0.25) is 0 Å². The van der Waals surface area contributed by atoms with Gasteiger partial charge < -0.3 is 4.98 Å². The van der Waals surface area contributed by atoms with Crippen molar-refractivity contribution in [2.45, 2.75) is 13.1 Å². The molecule has 0 saturated heterocycles. The molecule has 2 rings (SSSR count). The molecule has 1 N–H and O–H groups in total. The number of aryl methyl sites for hydroxylation is 1. The van der Waals surface area contributed by atoms with Gasteiger partial charge in [0.05, 0.1) is 11.1 Å².